The summed E-state index contributed by atoms with van der Waals surface area (Å²) in [6.45, 7) is 6.71. The monoisotopic (exact) mass is 458 g/mol. The molecule has 4 aromatic rings. The van der Waals surface area contributed by atoms with Gasteiger partial charge in [0, 0.05) is 19.1 Å². The number of aromatic nitrogens is 3. The van der Waals surface area contributed by atoms with Crippen molar-refractivity contribution in [3.63, 3.8) is 0 Å². The fourth-order valence-electron chi connectivity index (χ4n) is 4.33. The standard InChI is InChI=1S/C26H26N4O4/c1-16(2)30-24-21(14-27-30)20(13-22(28-24)23-9-6-12-33-23)26(32)34-17(3)25(31)29-11-10-18-7-4-5-8-19(18)15-29/h4-9,12-14,16-17H,10-11,15H2,1-3H3. The first-order valence-electron chi connectivity index (χ1n) is 11.4. The third-order valence-corrected chi connectivity index (χ3v) is 6.12. The van der Waals surface area contributed by atoms with Gasteiger partial charge in [0.25, 0.3) is 5.91 Å². The average Bonchev–Trinajstić information content (AvgIpc) is 3.52. The van der Waals surface area contributed by atoms with Crippen LogP contribution >= 0.6 is 0 Å². The number of hydrogen-bond acceptors (Lipinski definition) is 6. The topological polar surface area (TPSA) is 90.5 Å². The highest BCUT2D eigenvalue weighted by Gasteiger charge is 2.28. The van der Waals surface area contributed by atoms with E-state index in [4.69, 9.17) is 9.15 Å². The van der Waals surface area contributed by atoms with Gasteiger partial charge in [0.05, 0.1) is 23.4 Å². The van der Waals surface area contributed by atoms with Crippen molar-refractivity contribution >= 4 is 22.9 Å². The maximum absolute atomic E-state index is 13.3. The molecule has 0 saturated heterocycles. The van der Waals surface area contributed by atoms with E-state index in [1.807, 2.05) is 32.0 Å². The summed E-state index contributed by atoms with van der Waals surface area (Å²) in [5.41, 5.74) is 3.73. The fraction of sp³-hybridized carbons (Fsp3) is 0.308. The highest BCUT2D eigenvalue weighted by Crippen LogP contribution is 2.28. The SMILES string of the molecule is CC(OC(=O)c1cc(-c2ccco2)nc2c1cnn2C(C)C)C(=O)N1CCc2ccccc2C1. The van der Waals surface area contributed by atoms with Gasteiger partial charge in [-0.05, 0) is 56.5 Å². The molecule has 0 radical (unpaired) electrons. The lowest BCUT2D eigenvalue weighted by molar-refractivity contribution is -0.140. The number of carbonyl (C=O) groups excluding carboxylic acids is 2. The van der Waals surface area contributed by atoms with Crippen LogP contribution in [0.1, 0.15) is 48.3 Å². The minimum atomic E-state index is -0.923. The van der Waals surface area contributed by atoms with Crippen molar-refractivity contribution in [3.8, 4) is 11.5 Å². The van der Waals surface area contributed by atoms with E-state index in [-0.39, 0.29) is 11.9 Å². The summed E-state index contributed by atoms with van der Waals surface area (Å²) < 4.78 is 12.9. The first-order chi connectivity index (χ1) is 16.4. The van der Waals surface area contributed by atoms with Gasteiger partial charge in [-0.3, -0.25) is 4.79 Å². The summed E-state index contributed by atoms with van der Waals surface area (Å²) in [4.78, 5) is 32.8. The molecule has 0 bridgehead atoms. The van der Waals surface area contributed by atoms with Crippen LogP contribution in [-0.2, 0) is 22.5 Å². The Labute approximate surface area is 197 Å². The van der Waals surface area contributed by atoms with Crippen molar-refractivity contribution in [2.24, 2.45) is 0 Å². The minimum absolute atomic E-state index is 0.0446. The van der Waals surface area contributed by atoms with Crippen LogP contribution in [0.5, 0.6) is 0 Å². The smallest absolute Gasteiger partial charge is 0.339 e. The van der Waals surface area contributed by atoms with Gasteiger partial charge in [0.15, 0.2) is 17.5 Å². The van der Waals surface area contributed by atoms with Crippen molar-refractivity contribution < 1.29 is 18.7 Å². The summed E-state index contributed by atoms with van der Waals surface area (Å²) in [5, 5.41) is 4.98. The van der Waals surface area contributed by atoms with Crippen LogP contribution in [0.4, 0.5) is 0 Å². The van der Waals surface area contributed by atoms with Gasteiger partial charge < -0.3 is 14.1 Å². The number of pyridine rings is 1. The van der Waals surface area contributed by atoms with Crippen LogP contribution in [0.2, 0.25) is 0 Å². The summed E-state index contributed by atoms with van der Waals surface area (Å²) in [5.74, 6) is -0.275. The minimum Gasteiger partial charge on any atom is -0.463 e. The molecule has 5 rings (SSSR count). The predicted octanol–water partition coefficient (Wildman–Crippen LogP) is 4.40. The lowest BCUT2D eigenvalue weighted by Gasteiger charge is -2.30. The summed E-state index contributed by atoms with van der Waals surface area (Å²) in [6, 6.07) is 13.3. The third kappa shape index (κ3) is 3.96. The van der Waals surface area contributed by atoms with Crippen molar-refractivity contribution in [2.45, 2.75) is 45.9 Å². The van der Waals surface area contributed by atoms with Crippen LogP contribution in [-0.4, -0.2) is 44.2 Å². The average molecular weight is 459 g/mol. The van der Waals surface area contributed by atoms with E-state index in [0.29, 0.717) is 41.1 Å². The molecule has 0 aliphatic carbocycles. The number of furan rings is 1. The zero-order valence-corrected chi connectivity index (χ0v) is 19.4. The number of fused-ring (bicyclic) bond motifs is 2. The molecular formula is C26H26N4O4. The molecule has 174 valence electrons. The van der Waals surface area contributed by atoms with E-state index in [2.05, 4.69) is 16.1 Å². The molecule has 1 aromatic carbocycles. The van der Waals surface area contributed by atoms with Crippen LogP contribution < -0.4 is 0 Å². The molecule has 4 heterocycles. The van der Waals surface area contributed by atoms with Gasteiger partial charge in [-0.15, -0.1) is 0 Å². The molecule has 0 N–H and O–H groups in total. The lowest BCUT2D eigenvalue weighted by Crippen LogP contribution is -2.42. The van der Waals surface area contributed by atoms with Crippen LogP contribution in [0.3, 0.4) is 0 Å². The quantitative estimate of drug-likeness (QED) is 0.412. The maximum Gasteiger partial charge on any atom is 0.339 e. The number of rotatable bonds is 5. The number of nitrogens with zero attached hydrogens (tertiary/aromatic N) is 4. The van der Waals surface area contributed by atoms with Crippen LogP contribution in [0.15, 0.2) is 59.3 Å². The van der Waals surface area contributed by atoms with Crippen molar-refractivity contribution in [3.05, 3.63) is 71.6 Å². The zero-order valence-electron chi connectivity index (χ0n) is 19.4. The Morgan fingerprint density at radius 1 is 1.09 bits per heavy atom. The summed E-state index contributed by atoms with van der Waals surface area (Å²) in [7, 11) is 0. The number of esters is 1. The van der Waals surface area contributed by atoms with Crippen LogP contribution in [0.25, 0.3) is 22.5 Å². The molecule has 8 nitrogen and oxygen atoms in total. The van der Waals surface area contributed by atoms with E-state index in [1.54, 1.807) is 47.2 Å². The second-order valence-electron chi connectivity index (χ2n) is 8.78. The fourth-order valence-corrected chi connectivity index (χ4v) is 4.33. The third-order valence-electron chi connectivity index (χ3n) is 6.12. The van der Waals surface area contributed by atoms with Crippen LogP contribution in [0, 0.1) is 0 Å². The predicted molar refractivity (Wildman–Crippen MR) is 126 cm³/mol. The number of ether oxygens (including phenoxy) is 1. The number of hydrogen-bond donors (Lipinski definition) is 0. The van der Waals surface area contributed by atoms with Crippen molar-refractivity contribution in [1.29, 1.82) is 0 Å². The van der Waals surface area contributed by atoms with Crippen molar-refractivity contribution in [1.82, 2.24) is 19.7 Å². The van der Waals surface area contributed by atoms with E-state index < -0.39 is 12.1 Å². The Balaban J connectivity index is 1.41. The molecule has 1 amide bonds. The van der Waals surface area contributed by atoms with Gasteiger partial charge in [-0.1, -0.05) is 24.3 Å². The first-order valence-corrected chi connectivity index (χ1v) is 11.4. The van der Waals surface area contributed by atoms with E-state index >= 15 is 0 Å². The normalized spacial score (nSPS) is 14.3. The molecule has 0 saturated carbocycles. The molecule has 0 fully saturated rings. The van der Waals surface area contributed by atoms with E-state index in [9.17, 15) is 9.59 Å². The molecule has 0 spiro atoms. The van der Waals surface area contributed by atoms with Crippen molar-refractivity contribution in [2.75, 3.05) is 6.54 Å². The second-order valence-corrected chi connectivity index (χ2v) is 8.78. The van der Waals surface area contributed by atoms with E-state index in [1.165, 1.54) is 5.56 Å². The Morgan fingerprint density at radius 2 is 1.88 bits per heavy atom. The maximum atomic E-state index is 13.3. The lowest BCUT2D eigenvalue weighted by atomic mass is 9.99. The zero-order chi connectivity index (χ0) is 23.8. The van der Waals surface area contributed by atoms with Gasteiger partial charge in [-0.25, -0.2) is 14.5 Å². The summed E-state index contributed by atoms with van der Waals surface area (Å²) in [6.07, 6.45) is 3.03. The molecule has 34 heavy (non-hydrogen) atoms. The Hall–Kier alpha value is -3.94. The van der Waals surface area contributed by atoms with Gasteiger partial charge in [-0.2, -0.15) is 5.10 Å². The molecular weight excluding hydrogens is 432 g/mol. The molecule has 1 unspecified atom stereocenters. The largest absolute Gasteiger partial charge is 0.463 e. The second kappa shape index (κ2) is 8.78. The van der Waals surface area contributed by atoms with Gasteiger partial charge >= 0.3 is 5.97 Å². The Kier molecular flexibility index (Phi) is 5.65. The molecule has 1 aliphatic rings. The van der Waals surface area contributed by atoms with Gasteiger partial charge in [0.1, 0.15) is 5.69 Å². The highest BCUT2D eigenvalue weighted by atomic mass is 16.5. The number of amides is 1. The molecule has 1 atom stereocenters. The Morgan fingerprint density at radius 3 is 2.62 bits per heavy atom. The molecule has 8 heteroatoms. The highest BCUT2D eigenvalue weighted by molar-refractivity contribution is 6.04. The molecule has 3 aromatic heterocycles. The molecule has 1 aliphatic heterocycles. The number of carbonyl (C=O) groups is 2. The number of benzene rings is 1. The van der Waals surface area contributed by atoms with E-state index in [0.717, 1.165) is 12.0 Å². The summed E-state index contributed by atoms with van der Waals surface area (Å²) >= 11 is 0. The first kappa shape index (κ1) is 21.9. The Bertz CT molecular complexity index is 1360. The van der Waals surface area contributed by atoms with Gasteiger partial charge in [0.2, 0.25) is 0 Å².